The first-order valence-electron chi connectivity index (χ1n) is 10.6. The fraction of sp³-hybridized carbons (Fsp3) is 0.261. The van der Waals surface area contributed by atoms with Crippen LogP contribution in [0.3, 0.4) is 0 Å². The van der Waals surface area contributed by atoms with E-state index in [-0.39, 0.29) is 22.0 Å². The number of hydrogen-bond acceptors (Lipinski definition) is 7. The molecule has 1 amide bonds. The van der Waals surface area contributed by atoms with E-state index in [4.69, 9.17) is 9.47 Å². The van der Waals surface area contributed by atoms with Crippen LogP contribution in [-0.4, -0.2) is 55.1 Å². The third-order valence-corrected chi connectivity index (χ3v) is 8.22. The Kier molecular flexibility index (Phi) is 5.66. The molecule has 1 fully saturated rings. The summed E-state index contributed by atoms with van der Waals surface area (Å²) < 4.78 is 51.2. The van der Waals surface area contributed by atoms with Gasteiger partial charge in [-0.05, 0) is 43.2 Å². The summed E-state index contributed by atoms with van der Waals surface area (Å²) >= 11 is 0. The number of nitrogens with zero attached hydrogens (tertiary/aromatic N) is 2. The van der Waals surface area contributed by atoms with E-state index in [1.165, 1.54) is 49.7 Å². The SMILES string of the molecule is COc1cc2nccc(C(=O)Nc3n[nH]c4ccc(F)cc34)c2cc1S(=O)(=O)C1CCOCC1. The van der Waals surface area contributed by atoms with Gasteiger partial charge in [-0.3, -0.25) is 14.9 Å². The lowest BCUT2D eigenvalue weighted by atomic mass is 10.1. The lowest BCUT2D eigenvalue weighted by Crippen LogP contribution is -2.29. The van der Waals surface area contributed by atoms with Crippen molar-refractivity contribution in [3.05, 3.63) is 54.0 Å². The number of amides is 1. The van der Waals surface area contributed by atoms with Crippen LogP contribution in [0.2, 0.25) is 0 Å². The van der Waals surface area contributed by atoms with Gasteiger partial charge in [0, 0.05) is 36.2 Å². The van der Waals surface area contributed by atoms with E-state index in [1.807, 2.05) is 0 Å². The highest BCUT2D eigenvalue weighted by atomic mass is 32.2. The van der Waals surface area contributed by atoms with Gasteiger partial charge in [-0.15, -0.1) is 0 Å². The molecule has 9 nitrogen and oxygen atoms in total. The molecule has 0 radical (unpaired) electrons. The molecule has 0 unspecified atom stereocenters. The number of sulfone groups is 1. The Balaban J connectivity index is 1.58. The predicted molar refractivity (Wildman–Crippen MR) is 123 cm³/mol. The number of H-pyrrole nitrogens is 1. The van der Waals surface area contributed by atoms with Crippen LogP contribution in [0.25, 0.3) is 21.8 Å². The van der Waals surface area contributed by atoms with Crippen molar-refractivity contribution >= 4 is 43.4 Å². The highest BCUT2D eigenvalue weighted by Crippen LogP contribution is 2.35. The molecule has 0 saturated carbocycles. The van der Waals surface area contributed by atoms with Crippen LogP contribution in [0.4, 0.5) is 10.2 Å². The molecule has 2 N–H and O–H groups in total. The van der Waals surface area contributed by atoms with Gasteiger partial charge in [0.15, 0.2) is 15.7 Å². The zero-order chi connectivity index (χ0) is 23.9. The topological polar surface area (TPSA) is 123 Å². The molecule has 0 spiro atoms. The minimum Gasteiger partial charge on any atom is -0.495 e. The molecule has 5 rings (SSSR count). The van der Waals surface area contributed by atoms with Gasteiger partial charge in [0.1, 0.15) is 16.5 Å². The summed E-state index contributed by atoms with van der Waals surface area (Å²) in [6, 6.07) is 8.51. The number of aromatic nitrogens is 3. The van der Waals surface area contributed by atoms with Gasteiger partial charge in [-0.1, -0.05) is 0 Å². The maximum atomic E-state index is 13.7. The van der Waals surface area contributed by atoms with Gasteiger partial charge in [0.25, 0.3) is 5.91 Å². The van der Waals surface area contributed by atoms with E-state index in [1.54, 1.807) is 0 Å². The number of ether oxygens (including phenoxy) is 2. The molecule has 176 valence electrons. The number of anilines is 1. The third-order valence-electron chi connectivity index (χ3n) is 5.94. The van der Waals surface area contributed by atoms with E-state index in [0.29, 0.717) is 47.9 Å². The van der Waals surface area contributed by atoms with Gasteiger partial charge in [0.2, 0.25) is 0 Å². The predicted octanol–water partition coefficient (Wildman–Crippen LogP) is 3.46. The summed E-state index contributed by atoms with van der Waals surface area (Å²) in [6.45, 7) is 0.737. The molecular formula is C23H21FN4O5S. The molecule has 1 saturated heterocycles. The van der Waals surface area contributed by atoms with Crippen LogP contribution < -0.4 is 10.1 Å². The fourth-order valence-electron chi connectivity index (χ4n) is 4.16. The molecule has 0 bridgehead atoms. The van der Waals surface area contributed by atoms with Gasteiger partial charge in [-0.2, -0.15) is 5.10 Å². The Morgan fingerprint density at radius 1 is 1.18 bits per heavy atom. The minimum atomic E-state index is -3.75. The highest BCUT2D eigenvalue weighted by molar-refractivity contribution is 7.92. The maximum absolute atomic E-state index is 13.7. The second-order valence-electron chi connectivity index (χ2n) is 7.95. The van der Waals surface area contributed by atoms with E-state index in [0.717, 1.165) is 0 Å². The number of carbonyl (C=O) groups is 1. The average Bonchev–Trinajstić information content (AvgIpc) is 3.24. The van der Waals surface area contributed by atoms with Crippen LogP contribution in [-0.2, 0) is 14.6 Å². The number of hydrogen-bond donors (Lipinski definition) is 2. The summed E-state index contributed by atoms with van der Waals surface area (Å²) in [5, 5.41) is 9.63. The summed E-state index contributed by atoms with van der Waals surface area (Å²) in [4.78, 5) is 17.5. The zero-order valence-electron chi connectivity index (χ0n) is 18.2. The molecule has 3 heterocycles. The highest BCUT2D eigenvalue weighted by Gasteiger charge is 2.32. The molecule has 1 aliphatic heterocycles. The molecule has 2 aromatic carbocycles. The first-order chi connectivity index (χ1) is 16.4. The van der Waals surface area contributed by atoms with Gasteiger partial charge >= 0.3 is 0 Å². The Morgan fingerprint density at radius 3 is 2.74 bits per heavy atom. The molecule has 2 aromatic heterocycles. The number of benzene rings is 2. The summed E-state index contributed by atoms with van der Waals surface area (Å²) in [6.07, 6.45) is 2.21. The third kappa shape index (κ3) is 3.86. The van der Waals surface area contributed by atoms with Crippen LogP contribution in [0.15, 0.2) is 47.5 Å². The first kappa shape index (κ1) is 22.2. The van der Waals surface area contributed by atoms with Crippen LogP contribution in [0, 0.1) is 5.82 Å². The van der Waals surface area contributed by atoms with Crippen molar-refractivity contribution < 1.29 is 27.1 Å². The number of pyridine rings is 1. The number of carbonyl (C=O) groups excluding carboxylic acids is 1. The second kappa shape index (κ2) is 8.65. The monoisotopic (exact) mass is 484 g/mol. The van der Waals surface area contributed by atoms with Crippen molar-refractivity contribution in [1.29, 1.82) is 0 Å². The van der Waals surface area contributed by atoms with Crippen LogP contribution in [0.5, 0.6) is 5.75 Å². The number of methoxy groups -OCH3 is 1. The molecule has 0 atom stereocenters. The summed E-state index contributed by atoms with van der Waals surface area (Å²) in [5.41, 5.74) is 1.16. The van der Waals surface area contributed by atoms with Crippen molar-refractivity contribution in [2.45, 2.75) is 23.0 Å². The molecule has 34 heavy (non-hydrogen) atoms. The Hall–Kier alpha value is -3.57. The average molecular weight is 485 g/mol. The van der Waals surface area contributed by atoms with Crippen molar-refractivity contribution in [3.63, 3.8) is 0 Å². The van der Waals surface area contributed by atoms with Crippen LogP contribution >= 0.6 is 0 Å². The molecule has 0 aliphatic carbocycles. The Labute approximate surface area is 194 Å². The quantitative estimate of drug-likeness (QED) is 0.445. The Morgan fingerprint density at radius 2 is 1.97 bits per heavy atom. The normalized spacial score (nSPS) is 15.0. The van der Waals surface area contributed by atoms with Crippen molar-refractivity contribution in [1.82, 2.24) is 15.2 Å². The van der Waals surface area contributed by atoms with Crippen LogP contribution in [0.1, 0.15) is 23.2 Å². The molecule has 11 heteroatoms. The lowest BCUT2D eigenvalue weighted by molar-refractivity contribution is 0.0983. The number of rotatable bonds is 5. The van der Waals surface area contributed by atoms with Gasteiger partial charge in [-0.25, -0.2) is 12.8 Å². The summed E-state index contributed by atoms with van der Waals surface area (Å²) in [7, 11) is -2.35. The molecule has 1 aliphatic rings. The van der Waals surface area contributed by atoms with E-state index in [2.05, 4.69) is 20.5 Å². The lowest BCUT2D eigenvalue weighted by Gasteiger charge is -2.23. The van der Waals surface area contributed by atoms with E-state index >= 15 is 0 Å². The summed E-state index contributed by atoms with van der Waals surface area (Å²) in [5.74, 6) is -0.677. The first-order valence-corrected chi connectivity index (χ1v) is 12.2. The number of aromatic amines is 1. The Bertz CT molecular complexity index is 1510. The number of nitrogens with one attached hydrogen (secondary N) is 2. The number of halogens is 1. The van der Waals surface area contributed by atoms with E-state index in [9.17, 15) is 17.6 Å². The second-order valence-corrected chi connectivity index (χ2v) is 10.1. The van der Waals surface area contributed by atoms with E-state index < -0.39 is 26.8 Å². The fourth-order valence-corrected chi connectivity index (χ4v) is 6.03. The van der Waals surface area contributed by atoms with Crippen molar-refractivity contribution in [2.75, 3.05) is 25.6 Å². The van der Waals surface area contributed by atoms with Crippen molar-refractivity contribution in [2.24, 2.45) is 0 Å². The largest absolute Gasteiger partial charge is 0.495 e. The zero-order valence-corrected chi connectivity index (χ0v) is 19.0. The minimum absolute atomic E-state index is 0.00346. The smallest absolute Gasteiger partial charge is 0.257 e. The van der Waals surface area contributed by atoms with Crippen molar-refractivity contribution in [3.8, 4) is 5.75 Å². The molecular weight excluding hydrogens is 463 g/mol. The number of fused-ring (bicyclic) bond motifs is 2. The molecule has 4 aromatic rings. The standard InChI is InChI=1S/C23H21FN4O5S/c1-32-20-12-19-16(11-21(20)34(30,31)14-5-8-33-9-6-14)15(4-7-25-19)23(29)26-22-17-10-13(24)2-3-18(17)27-28-22/h2-4,7,10-12,14H,5-6,8-9H2,1H3,(H2,26,27,28,29). The van der Waals surface area contributed by atoms with Gasteiger partial charge in [0.05, 0.1) is 29.0 Å². The van der Waals surface area contributed by atoms with Gasteiger partial charge < -0.3 is 14.8 Å². The maximum Gasteiger partial charge on any atom is 0.257 e.